The van der Waals surface area contributed by atoms with Crippen molar-refractivity contribution in [3.05, 3.63) is 87.6 Å². The summed E-state index contributed by atoms with van der Waals surface area (Å²) in [6.07, 6.45) is 3.48. The first kappa shape index (κ1) is 23.8. The first-order chi connectivity index (χ1) is 16.0. The van der Waals surface area contributed by atoms with Gasteiger partial charge in [0.15, 0.2) is 5.69 Å². The summed E-state index contributed by atoms with van der Waals surface area (Å²) in [5.74, 6) is 0.216. The van der Waals surface area contributed by atoms with Crippen LogP contribution >= 0.6 is 23.2 Å². The lowest BCUT2D eigenvalue weighted by Gasteiger charge is -2.28. The highest BCUT2D eigenvalue weighted by Gasteiger charge is 2.22. The Balaban J connectivity index is 1.47. The molecular formula is C25H27Cl2N3O3. The number of carbonyl (C=O) groups is 1. The summed E-state index contributed by atoms with van der Waals surface area (Å²) in [6, 6.07) is 15.9. The minimum absolute atomic E-state index is 0.0735. The Bertz CT molecular complexity index is 1070. The number of amides is 1. The number of benzene rings is 2. The molecule has 2 aromatic carbocycles. The Labute approximate surface area is 203 Å². The highest BCUT2D eigenvalue weighted by atomic mass is 35.5. The summed E-state index contributed by atoms with van der Waals surface area (Å²) in [5.41, 5.74) is 2.46. The van der Waals surface area contributed by atoms with Gasteiger partial charge in [0.05, 0.1) is 22.7 Å². The lowest BCUT2D eigenvalue weighted by atomic mass is 10.1. The third-order valence-electron chi connectivity index (χ3n) is 5.84. The fourth-order valence-electron chi connectivity index (χ4n) is 3.91. The van der Waals surface area contributed by atoms with Gasteiger partial charge >= 0.3 is 0 Å². The van der Waals surface area contributed by atoms with E-state index in [1.165, 1.54) is 11.8 Å². The molecule has 1 fully saturated rings. The molecule has 0 saturated carbocycles. The maximum absolute atomic E-state index is 12.5. The van der Waals surface area contributed by atoms with E-state index in [1.54, 1.807) is 6.07 Å². The normalized spacial score (nSPS) is 16.8. The highest BCUT2D eigenvalue weighted by molar-refractivity contribution is 6.42. The van der Waals surface area contributed by atoms with E-state index in [-0.39, 0.29) is 23.7 Å². The van der Waals surface area contributed by atoms with Gasteiger partial charge in [0.2, 0.25) is 5.89 Å². The van der Waals surface area contributed by atoms with Crippen LogP contribution in [-0.4, -0.2) is 35.0 Å². The zero-order chi connectivity index (χ0) is 23.2. The summed E-state index contributed by atoms with van der Waals surface area (Å²) in [5, 5.41) is 3.92. The van der Waals surface area contributed by atoms with E-state index >= 15 is 0 Å². The van der Waals surface area contributed by atoms with Gasteiger partial charge < -0.3 is 14.5 Å². The molecular weight excluding hydrogens is 461 g/mol. The molecule has 174 valence electrons. The summed E-state index contributed by atoms with van der Waals surface area (Å²) in [7, 11) is 0. The minimum atomic E-state index is -0.257. The second kappa shape index (κ2) is 11.2. The minimum Gasteiger partial charge on any atom is -0.447 e. The number of nitrogens with zero attached hydrogens (tertiary/aromatic N) is 2. The molecule has 4 rings (SSSR count). The molecule has 0 radical (unpaired) electrons. The molecule has 8 heteroatoms. The van der Waals surface area contributed by atoms with Gasteiger partial charge in [0.25, 0.3) is 5.91 Å². The van der Waals surface area contributed by atoms with Crippen LogP contribution in [0.3, 0.4) is 0 Å². The van der Waals surface area contributed by atoms with Crippen LogP contribution in [0.4, 0.5) is 0 Å². The van der Waals surface area contributed by atoms with Gasteiger partial charge in [-0.3, -0.25) is 9.69 Å². The average Bonchev–Trinajstić information content (AvgIpc) is 3.52. The summed E-state index contributed by atoms with van der Waals surface area (Å²) in [6.45, 7) is 4.40. The van der Waals surface area contributed by atoms with Crippen molar-refractivity contribution in [2.45, 2.75) is 45.0 Å². The average molecular weight is 488 g/mol. The molecule has 2 heterocycles. The molecule has 33 heavy (non-hydrogen) atoms. The smallest absolute Gasteiger partial charge is 0.273 e. The number of hydrogen-bond donors (Lipinski definition) is 1. The topological polar surface area (TPSA) is 67.6 Å². The number of hydrogen-bond acceptors (Lipinski definition) is 5. The van der Waals surface area contributed by atoms with E-state index in [4.69, 9.17) is 32.4 Å². The van der Waals surface area contributed by atoms with Crippen LogP contribution in [0, 0.1) is 0 Å². The van der Waals surface area contributed by atoms with Crippen molar-refractivity contribution in [1.82, 2.24) is 15.2 Å². The van der Waals surface area contributed by atoms with Crippen LogP contribution in [0.1, 0.15) is 53.3 Å². The van der Waals surface area contributed by atoms with Crippen LogP contribution in [0.5, 0.6) is 0 Å². The standard InChI is InChI=1S/C25H27Cl2N3O3/c1-17(19-6-3-2-4-7-19)30(14-18-9-10-21(26)22(27)12-18)15-24-29-23(16-33-24)25(31)28-13-20-8-5-11-32-20/h2-4,6-7,9-10,12,16-17,20H,5,8,11,13-15H2,1H3,(H,28,31)/t17-,20-/m0/s1. The van der Waals surface area contributed by atoms with Crippen molar-refractivity contribution < 1.29 is 13.9 Å². The Kier molecular flexibility index (Phi) is 8.04. The van der Waals surface area contributed by atoms with Crippen LogP contribution in [0.2, 0.25) is 10.0 Å². The SMILES string of the molecule is C[C@@H](c1ccccc1)N(Cc1ccc(Cl)c(Cl)c1)Cc1nc(C(=O)NC[C@@H]2CCCO2)co1. The number of nitrogens with one attached hydrogen (secondary N) is 1. The van der Waals surface area contributed by atoms with E-state index in [9.17, 15) is 4.79 Å². The Morgan fingerprint density at radius 1 is 1.18 bits per heavy atom. The van der Waals surface area contributed by atoms with Gasteiger partial charge in [-0.2, -0.15) is 0 Å². The van der Waals surface area contributed by atoms with Gasteiger partial charge in [-0.15, -0.1) is 0 Å². The largest absolute Gasteiger partial charge is 0.447 e. The van der Waals surface area contributed by atoms with Crippen LogP contribution in [0.25, 0.3) is 0 Å². The molecule has 0 aliphatic carbocycles. The molecule has 6 nitrogen and oxygen atoms in total. The molecule has 1 saturated heterocycles. The monoisotopic (exact) mass is 487 g/mol. The van der Waals surface area contributed by atoms with E-state index in [0.29, 0.717) is 35.6 Å². The maximum atomic E-state index is 12.5. The first-order valence-corrected chi connectivity index (χ1v) is 11.8. The predicted molar refractivity (Wildman–Crippen MR) is 128 cm³/mol. The zero-order valence-electron chi connectivity index (χ0n) is 18.5. The number of halogens is 2. The summed E-state index contributed by atoms with van der Waals surface area (Å²) < 4.78 is 11.2. The number of ether oxygens (including phenoxy) is 1. The summed E-state index contributed by atoms with van der Waals surface area (Å²) >= 11 is 12.3. The predicted octanol–water partition coefficient (Wildman–Crippen LogP) is 5.65. The lowest BCUT2D eigenvalue weighted by Crippen LogP contribution is -2.32. The maximum Gasteiger partial charge on any atom is 0.273 e. The number of carbonyl (C=O) groups excluding carboxylic acids is 1. The zero-order valence-corrected chi connectivity index (χ0v) is 20.0. The summed E-state index contributed by atoms with van der Waals surface area (Å²) in [4.78, 5) is 19.1. The van der Waals surface area contributed by atoms with Gasteiger partial charge in [-0.25, -0.2) is 4.98 Å². The van der Waals surface area contributed by atoms with Crippen LogP contribution in [0.15, 0.2) is 59.2 Å². The van der Waals surface area contributed by atoms with Crippen molar-refractivity contribution in [2.75, 3.05) is 13.2 Å². The third-order valence-corrected chi connectivity index (χ3v) is 6.58. The molecule has 1 aliphatic heterocycles. The Hall–Kier alpha value is -2.38. The number of rotatable bonds is 9. The molecule has 0 unspecified atom stereocenters. The van der Waals surface area contributed by atoms with Gasteiger partial charge in [0, 0.05) is 25.7 Å². The molecule has 0 spiro atoms. The quantitative estimate of drug-likeness (QED) is 0.422. The Morgan fingerprint density at radius 2 is 2.00 bits per heavy atom. The van der Waals surface area contributed by atoms with Gasteiger partial charge in [-0.1, -0.05) is 59.6 Å². The molecule has 1 amide bonds. The van der Waals surface area contributed by atoms with Crippen molar-refractivity contribution in [2.24, 2.45) is 0 Å². The molecule has 1 N–H and O–H groups in total. The number of aromatic nitrogens is 1. The lowest BCUT2D eigenvalue weighted by molar-refractivity contribution is 0.0853. The van der Waals surface area contributed by atoms with E-state index in [0.717, 1.165) is 25.0 Å². The molecule has 2 atom stereocenters. The van der Waals surface area contributed by atoms with Crippen LogP contribution < -0.4 is 5.32 Å². The second-order valence-corrected chi connectivity index (χ2v) is 9.03. The molecule has 1 aliphatic rings. The van der Waals surface area contributed by atoms with Crippen molar-refractivity contribution in [3.8, 4) is 0 Å². The van der Waals surface area contributed by atoms with E-state index in [1.807, 2.05) is 30.3 Å². The second-order valence-electron chi connectivity index (χ2n) is 8.21. The third kappa shape index (κ3) is 6.36. The highest BCUT2D eigenvalue weighted by Crippen LogP contribution is 2.27. The van der Waals surface area contributed by atoms with Gasteiger partial charge in [-0.05, 0) is 43.0 Å². The first-order valence-electron chi connectivity index (χ1n) is 11.1. The van der Waals surface area contributed by atoms with Crippen molar-refractivity contribution in [1.29, 1.82) is 0 Å². The molecule has 3 aromatic rings. The van der Waals surface area contributed by atoms with E-state index in [2.05, 4.69) is 34.3 Å². The molecule has 0 bridgehead atoms. The Morgan fingerprint density at radius 3 is 2.73 bits per heavy atom. The van der Waals surface area contributed by atoms with Crippen molar-refractivity contribution >= 4 is 29.1 Å². The fourth-order valence-corrected chi connectivity index (χ4v) is 4.23. The fraction of sp³-hybridized carbons (Fsp3) is 0.360. The van der Waals surface area contributed by atoms with E-state index < -0.39 is 0 Å². The molecule has 1 aromatic heterocycles. The van der Waals surface area contributed by atoms with Gasteiger partial charge in [0.1, 0.15) is 6.26 Å². The van der Waals surface area contributed by atoms with Crippen molar-refractivity contribution in [3.63, 3.8) is 0 Å². The van der Waals surface area contributed by atoms with Crippen LogP contribution in [-0.2, 0) is 17.8 Å². The number of oxazole rings is 1.